The largest absolute Gasteiger partial charge is 0.493 e. The smallest absolute Gasteiger partial charge is 0.269 e. The number of fused-ring (bicyclic) bond motifs is 1. The summed E-state index contributed by atoms with van der Waals surface area (Å²) in [6.45, 7) is 0.512. The second-order valence-electron chi connectivity index (χ2n) is 7.27. The number of amides is 1. The SMILES string of the molecule is COc1cc2c(cc1OC)[C@H](c1ccccc1)N(C(=O)c1ccc([N+](=O)[O-])cc1)CC2. The molecule has 0 radical (unpaired) electrons. The Morgan fingerprint density at radius 3 is 2.26 bits per heavy atom. The molecule has 0 saturated heterocycles. The first kappa shape index (κ1) is 20.4. The van der Waals surface area contributed by atoms with Crippen LogP contribution in [0.3, 0.4) is 0 Å². The van der Waals surface area contributed by atoms with Gasteiger partial charge in [0.2, 0.25) is 0 Å². The third-order valence-corrected chi connectivity index (χ3v) is 5.57. The number of non-ortho nitro benzene ring substituents is 1. The normalized spacial score (nSPS) is 15.2. The van der Waals surface area contributed by atoms with Crippen molar-refractivity contribution in [3.63, 3.8) is 0 Å². The summed E-state index contributed by atoms with van der Waals surface area (Å²) >= 11 is 0. The van der Waals surface area contributed by atoms with Crippen molar-refractivity contribution in [2.75, 3.05) is 20.8 Å². The quantitative estimate of drug-likeness (QED) is 0.453. The molecule has 3 aromatic carbocycles. The number of nitro groups is 1. The fourth-order valence-corrected chi connectivity index (χ4v) is 4.05. The fraction of sp³-hybridized carbons (Fsp3) is 0.208. The molecule has 1 heterocycles. The Labute approximate surface area is 180 Å². The third-order valence-electron chi connectivity index (χ3n) is 5.57. The Hall–Kier alpha value is -3.87. The highest BCUT2D eigenvalue weighted by Crippen LogP contribution is 2.41. The zero-order valence-corrected chi connectivity index (χ0v) is 17.3. The number of hydrogen-bond acceptors (Lipinski definition) is 5. The third kappa shape index (κ3) is 3.82. The summed E-state index contributed by atoms with van der Waals surface area (Å²) in [5.74, 6) is 1.08. The minimum Gasteiger partial charge on any atom is -0.493 e. The van der Waals surface area contributed by atoms with Crippen molar-refractivity contribution < 1.29 is 19.2 Å². The number of methoxy groups -OCH3 is 2. The average Bonchev–Trinajstić information content (AvgIpc) is 2.82. The topological polar surface area (TPSA) is 81.9 Å². The second-order valence-corrected chi connectivity index (χ2v) is 7.27. The summed E-state index contributed by atoms with van der Waals surface area (Å²) < 4.78 is 11.0. The molecule has 4 rings (SSSR count). The lowest BCUT2D eigenvalue weighted by molar-refractivity contribution is -0.384. The van der Waals surface area contributed by atoms with E-state index in [0.29, 0.717) is 30.0 Å². The van der Waals surface area contributed by atoms with Gasteiger partial charge in [-0.3, -0.25) is 14.9 Å². The molecule has 0 unspecified atom stereocenters. The predicted molar refractivity (Wildman–Crippen MR) is 116 cm³/mol. The van der Waals surface area contributed by atoms with Gasteiger partial charge in [-0.05, 0) is 47.4 Å². The fourth-order valence-electron chi connectivity index (χ4n) is 4.05. The Morgan fingerprint density at radius 2 is 1.65 bits per heavy atom. The van der Waals surface area contributed by atoms with E-state index in [2.05, 4.69) is 0 Å². The highest BCUT2D eigenvalue weighted by molar-refractivity contribution is 5.95. The molecule has 0 spiro atoms. The van der Waals surface area contributed by atoms with Gasteiger partial charge in [0.15, 0.2) is 11.5 Å². The molecule has 0 N–H and O–H groups in total. The molecule has 3 aromatic rings. The van der Waals surface area contributed by atoms with Crippen LogP contribution in [0.2, 0.25) is 0 Å². The van der Waals surface area contributed by atoms with Gasteiger partial charge >= 0.3 is 0 Å². The summed E-state index contributed by atoms with van der Waals surface area (Å²) in [5.41, 5.74) is 3.42. The van der Waals surface area contributed by atoms with E-state index in [-0.39, 0.29) is 17.6 Å². The van der Waals surface area contributed by atoms with E-state index in [4.69, 9.17) is 9.47 Å². The molecule has 0 bridgehead atoms. The second kappa shape index (κ2) is 8.47. The number of carbonyl (C=O) groups is 1. The lowest BCUT2D eigenvalue weighted by Gasteiger charge is -2.38. The molecule has 7 heteroatoms. The van der Waals surface area contributed by atoms with Gasteiger partial charge in [0.05, 0.1) is 25.2 Å². The van der Waals surface area contributed by atoms with Gasteiger partial charge in [0.1, 0.15) is 0 Å². The van der Waals surface area contributed by atoms with Gasteiger partial charge < -0.3 is 14.4 Å². The van der Waals surface area contributed by atoms with Crippen LogP contribution in [0, 0.1) is 10.1 Å². The molecule has 0 saturated carbocycles. The first-order valence-electron chi connectivity index (χ1n) is 9.88. The summed E-state index contributed by atoms with van der Waals surface area (Å²) in [7, 11) is 3.19. The van der Waals surface area contributed by atoms with Gasteiger partial charge in [0.25, 0.3) is 11.6 Å². The standard InChI is InChI=1S/C24H22N2O5/c1-30-21-14-18-12-13-25(24(27)17-8-10-19(11-9-17)26(28)29)23(16-6-4-3-5-7-16)20(18)15-22(21)31-2/h3-11,14-15,23H,12-13H2,1-2H3/t23-/m0/s1. The molecule has 1 atom stereocenters. The molecular formula is C24H22N2O5. The van der Waals surface area contributed by atoms with Crippen LogP contribution < -0.4 is 9.47 Å². The van der Waals surface area contributed by atoms with E-state index in [9.17, 15) is 14.9 Å². The molecule has 7 nitrogen and oxygen atoms in total. The van der Waals surface area contributed by atoms with E-state index in [1.165, 1.54) is 24.3 Å². The lowest BCUT2D eigenvalue weighted by atomic mass is 9.87. The van der Waals surface area contributed by atoms with Crippen molar-refractivity contribution >= 4 is 11.6 Å². The van der Waals surface area contributed by atoms with Crippen molar-refractivity contribution in [2.45, 2.75) is 12.5 Å². The Balaban J connectivity index is 1.79. The van der Waals surface area contributed by atoms with E-state index >= 15 is 0 Å². The molecule has 0 aliphatic carbocycles. The molecule has 158 valence electrons. The van der Waals surface area contributed by atoms with Crippen molar-refractivity contribution in [3.8, 4) is 11.5 Å². The highest BCUT2D eigenvalue weighted by Gasteiger charge is 2.33. The molecule has 1 aliphatic rings. The molecule has 0 aromatic heterocycles. The van der Waals surface area contributed by atoms with Crippen molar-refractivity contribution in [1.29, 1.82) is 0 Å². The van der Waals surface area contributed by atoms with E-state index in [1.807, 2.05) is 47.4 Å². The molecule has 1 amide bonds. The number of hydrogen-bond donors (Lipinski definition) is 0. The number of carbonyl (C=O) groups excluding carboxylic acids is 1. The van der Waals surface area contributed by atoms with Gasteiger partial charge in [0, 0.05) is 24.2 Å². The van der Waals surface area contributed by atoms with Crippen LogP contribution in [0.15, 0.2) is 66.7 Å². The number of nitro benzene ring substituents is 1. The number of ether oxygens (including phenoxy) is 2. The van der Waals surface area contributed by atoms with Gasteiger partial charge in [-0.25, -0.2) is 0 Å². The maximum absolute atomic E-state index is 13.5. The summed E-state index contributed by atoms with van der Waals surface area (Å²) in [5, 5.41) is 11.0. The monoisotopic (exact) mass is 418 g/mol. The van der Waals surface area contributed by atoms with Gasteiger partial charge in [-0.2, -0.15) is 0 Å². The lowest BCUT2D eigenvalue weighted by Crippen LogP contribution is -2.40. The first-order chi connectivity index (χ1) is 15.0. The maximum Gasteiger partial charge on any atom is 0.269 e. The zero-order chi connectivity index (χ0) is 22.0. The number of nitrogens with zero attached hydrogens (tertiary/aromatic N) is 2. The molecule has 31 heavy (non-hydrogen) atoms. The van der Waals surface area contributed by atoms with E-state index < -0.39 is 4.92 Å². The van der Waals surface area contributed by atoms with Crippen LogP contribution in [0.1, 0.15) is 33.1 Å². The summed E-state index contributed by atoms with van der Waals surface area (Å²) in [6.07, 6.45) is 0.664. The average molecular weight is 418 g/mol. The number of rotatable bonds is 5. The van der Waals surface area contributed by atoms with Crippen molar-refractivity contribution in [1.82, 2.24) is 4.90 Å². The Morgan fingerprint density at radius 1 is 1.00 bits per heavy atom. The Bertz CT molecular complexity index is 1110. The zero-order valence-electron chi connectivity index (χ0n) is 17.3. The van der Waals surface area contributed by atoms with Crippen LogP contribution in [-0.4, -0.2) is 36.5 Å². The summed E-state index contributed by atoms with van der Waals surface area (Å²) in [4.78, 5) is 25.7. The van der Waals surface area contributed by atoms with Crippen molar-refractivity contribution in [2.24, 2.45) is 0 Å². The van der Waals surface area contributed by atoms with E-state index in [1.54, 1.807) is 14.2 Å². The van der Waals surface area contributed by atoms with Gasteiger partial charge in [-0.1, -0.05) is 30.3 Å². The highest BCUT2D eigenvalue weighted by atomic mass is 16.6. The molecular weight excluding hydrogens is 396 g/mol. The minimum absolute atomic E-state index is 0.0445. The van der Waals surface area contributed by atoms with Crippen LogP contribution in [0.25, 0.3) is 0 Å². The molecule has 1 aliphatic heterocycles. The minimum atomic E-state index is -0.474. The number of benzene rings is 3. The molecule has 0 fully saturated rings. The van der Waals surface area contributed by atoms with Crippen molar-refractivity contribution in [3.05, 3.63) is 99.1 Å². The van der Waals surface area contributed by atoms with Crippen LogP contribution >= 0.6 is 0 Å². The van der Waals surface area contributed by atoms with Crippen LogP contribution in [0.5, 0.6) is 11.5 Å². The Kier molecular flexibility index (Phi) is 5.58. The van der Waals surface area contributed by atoms with Crippen LogP contribution in [0.4, 0.5) is 5.69 Å². The summed E-state index contributed by atoms with van der Waals surface area (Å²) in [6, 6.07) is 19.1. The first-order valence-corrected chi connectivity index (χ1v) is 9.88. The van der Waals surface area contributed by atoms with Gasteiger partial charge in [-0.15, -0.1) is 0 Å². The van der Waals surface area contributed by atoms with Crippen LogP contribution in [-0.2, 0) is 6.42 Å². The predicted octanol–water partition coefficient (Wildman–Crippen LogP) is 4.40. The maximum atomic E-state index is 13.5. The van der Waals surface area contributed by atoms with E-state index in [0.717, 1.165) is 16.7 Å².